The van der Waals surface area contributed by atoms with Gasteiger partial charge in [0, 0.05) is 36.9 Å². The maximum absolute atomic E-state index is 5.97. The van der Waals surface area contributed by atoms with Gasteiger partial charge in [0.2, 0.25) is 0 Å². The van der Waals surface area contributed by atoms with Gasteiger partial charge in [0.1, 0.15) is 5.82 Å². The number of thiocarbonyl (C=S) groups is 1. The van der Waals surface area contributed by atoms with Crippen LogP contribution < -0.4 is 5.32 Å². The molecule has 2 fully saturated rings. The van der Waals surface area contributed by atoms with Crippen molar-refractivity contribution in [1.82, 2.24) is 24.8 Å². The van der Waals surface area contributed by atoms with Crippen LogP contribution in [0.4, 0.5) is 0 Å². The number of aromatic nitrogens is 3. The van der Waals surface area contributed by atoms with Crippen molar-refractivity contribution in [3.63, 3.8) is 0 Å². The number of pyridine rings is 2. The van der Waals surface area contributed by atoms with Crippen LogP contribution in [0.25, 0.3) is 5.82 Å². The Morgan fingerprint density at radius 2 is 2.03 bits per heavy atom. The second-order valence-corrected chi connectivity index (χ2v) is 9.16. The average Bonchev–Trinajstić information content (AvgIpc) is 3.49. The maximum atomic E-state index is 5.97. The van der Waals surface area contributed by atoms with E-state index in [4.69, 9.17) is 17.0 Å². The summed E-state index contributed by atoms with van der Waals surface area (Å²) in [5.74, 6) is 0.936. The highest BCUT2D eigenvalue weighted by Crippen LogP contribution is 2.41. The van der Waals surface area contributed by atoms with Crippen molar-refractivity contribution in [1.29, 1.82) is 0 Å². The molecule has 5 rings (SSSR count). The van der Waals surface area contributed by atoms with Gasteiger partial charge in [-0.05, 0) is 81.2 Å². The Balaban J connectivity index is 1.58. The smallest absolute Gasteiger partial charge is 0.170 e. The molecule has 0 aromatic carbocycles. The summed E-state index contributed by atoms with van der Waals surface area (Å²) in [7, 11) is 0. The van der Waals surface area contributed by atoms with E-state index in [0.717, 1.165) is 53.9 Å². The largest absolute Gasteiger partial charge is 0.376 e. The van der Waals surface area contributed by atoms with Crippen molar-refractivity contribution in [2.24, 2.45) is 0 Å². The number of rotatable bonds is 5. The second kappa shape index (κ2) is 8.64. The molecule has 3 aromatic rings. The summed E-state index contributed by atoms with van der Waals surface area (Å²) in [4.78, 5) is 11.6. The summed E-state index contributed by atoms with van der Waals surface area (Å²) in [6.45, 7) is 7.99. The lowest BCUT2D eigenvalue weighted by atomic mass is 9.96. The van der Waals surface area contributed by atoms with Gasteiger partial charge in [-0.3, -0.25) is 4.98 Å². The third kappa shape index (κ3) is 3.80. The molecule has 5 heterocycles. The molecule has 3 aromatic heterocycles. The summed E-state index contributed by atoms with van der Waals surface area (Å²) >= 11 is 5.83. The van der Waals surface area contributed by atoms with E-state index in [2.05, 4.69) is 69.8 Å². The third-order valence-corrected chi connectivity index (χ3v) is 6.89. The van der Waals surface area contributed by atoms with Crippen LogP contribution in [-0.4, -0.2) is 43.8 Å². The molecule has 166 valence electrons. The molecule has 0 bridgehead atoms. The molecule has 0 unspecified atom stereocenters. The van der Waals surface area contributed by atoms with Gasteiger partial charge in [-0.2, -0.15) is 0 Å². The Labute approximate surface area is 194 Å². The van der Waals surface area contributed by atoms with Gasteiger partial charge in [0.25, 0.3) is 0 Å². The van der Waals surface area contributed by atoms with Crippen molar-refractivity contribution in [3.05, 3.63) is 77.0 Å². The molecule has 1 N–H and O–H groups in total. The minimum absolute atomic E-state index is 0.0231. The lowest BCUT2D eigenvalue weighted by Crippen LogP contribution is -2.36. The van der Waals surface area contributed by atoms with Gasteiger partial charge in [-0.25, -0.2) is 4.98 Å². The first-order chi connectivity index (χ1) is 15.5. The number of nitrogens with one attached hydrogen (secondary N) is 1. The fourth-order valence-corrected chi connectivity index (χ4v) is 5.30. The van der Waals surface area contributed by atoms with Crippen LogP contribution in [0.3, 0.4) is 0 Å². The van der Waals surface area contributed by atoms with Crippen LogP contribution >= 0.6 is 12.2 Å². The Morgan fingerprint density at radius 3 is 2.72 bits per heavy atom. The zero-order valence-electron chi connectivity index (χ0n) is 18.8. The van der Waals surface area contributed by atoms with E-state index >= 15 is 0 Å². The van der Waals surface area contributed by atoms with E-state index in [9.17, 15) is 0 Å². The van der Waals surface area contributed by atoms with Gasteiger partial charge in [-0.1, -0.05) is 12.1 Å². The molecule has 0 radical (unpaired) electrons. The van der Waals surface area contributed by atoms with E-state index in [-0.39, 0.29) is 18.2 Å². The highest BCUT2D eigenvalue weighted by atomic mass is 32.1. The van der Waals surface area contributed by atoms with Crippen molar-refractivity contribution >= 4 is 17.3 Å². The molecule has 0 amide bonds. The van der Waals surface area contributed by atoms with Crippen LogP contribution in [0.1, 0.15) is 53.1 Å². The molecule has 7 heteroatoms. The summed E-state index contributed by atoms with van der Waals surface area (Å²) in [6, 6.07) is 12.5. The highest BCUT2D eigenvalue weighted by Gasteiger charge is 2.42. The van der Waals surface area contributed by atoms with Crippen molar-refractivity contribution in [3.8, 4) is 5.82 Å². The highest BCUT2D eigenvalue weighted by molar-refractivity contribution is 7.80. The van der Waals surface area contributed by atoms with E-state index in [0.29, 0.717) is 0 Å². The predicted molar refractivity (Wildman–Crippen MR) is 129 cm³/mol. The molecule has 6 nitrogen and oxygen atoms in total. The number of nitrogens with zero attached hydrogens (tertiary/aromatic N) is 4. The summed E-state index contributed by atoms with van der Waals surface area (Å²) in [5, 5.41) is 4.32. The minimum Gasteiger partial charge on any atom is -0.376 e. The van der Waals surface area contributed by atoms with E-state index < -0.39 is 0 Å². The Bertz CT molecular complexity index is 1110. The van der Waals surface area contributed by atoms with E-state index in [1.807, 2.05) is 24.5 Å². The molecule has 3 atom stereocenters. The predicted octanol–water partition coefficient (Wildman–Crippen LogP) is 4.34. The lowest BCUT2D eigenvalue weighted by Gasteiger charge is -2.30. The van der Waals surface area contributed by atoms with E-state index in [1.165, 1.54) is 11.3 Å². The van der Waals surface area contributed by atoms with Gasteiger partial charge < -0.3 is 19.5 Å². The number of ether oxygens (including phenoxy) is 1. The molecule has 32 heavy (non-hydrogen) atoms. The fourth-order valence-electron chi connectivity index (χ4n) is 4.98. The van der Waals surface area contributed by atoms with Crippen LogP contribution in [0.15, 0.2) is 48.8 Å². The number of hydrogen-bond acceptors (Lipinski definition) is 4. The Hall–Kier alpha value is -2.77. The normalized spacial score (nSPS) is 23.0. The minimum atomic E-state index is -0.0231. The Kier molecular flexibility index (Phi) is 5.69. The molecule has 0 spiro atoms. The van der Waals surface area contributed by atoms with Crippen LogP contribution in [0, 0.1) is 20.8 Å². The van der Waals surface area contributed by atoms with Gasteiger partial charge in [0.15, 0.2) is 5.11 Å². The zero-order chi connectivity index (χ0) is 22.2. The molecular weight excluding hydrogens is 418 g/mol. The summed E-state index contributed by atoms with van der Waals surface area (Å²) in [5.41, 5.74) is 5.72. The van der Waals surface area contributed by atoms with Crippen molar-refractivity contribution in [2.45, 2.75) is 51.8 Å². The quantitative estimate of drug-likeness (QED) is 0.587. The monoisotopic (exact) mass is 447 g/mol. The first kappa shape index (κ1) is 21.1. The van der Waals surface area contributed by atoms with Crippen molar-refractivity contribution < 1.29 is 4.74 Å². The van der Waals surface area contributed by atoms with Gasteiger partial charge >= 0.3 is 0 Å². The first-order valence-electron chi connectivity index (χ1n) is 11.2. The zero-order valence-corrected chi connectivity index (χ0v) is 19.6. The molecule has 0 saturated carbocycles. The van der Waals surface area contributed by atoms with Crippen molar-refractivity contribution in [2.75, 3.05) is 13.2 Å². The topological polar surface area (TPSA) is 55.2 Å². The molecule has 2 saturated heterocycles. The van der Waals surface area contributed by atoms with Crippen LogP contribution in [0.5, 0.6) is 0 Å². The lowest BCUT2D eigenvalue weighted by molar-refractivity contribution is 0.0842. The van der Waals surface area contributed by atoms with Gasteiger partial charge in [0.05, 0.1) is 23.9 Å². The maximum Gasteiger partial charge on any atom is 0.170 e. The first-order valence-corrected chi connectivity index (χ1v) is 11.7. The molecule has 2 aliphatic rings. The van der Waals surface area contributed by atoms with Crippen LogP contribution in [0.2, 0.25) is 0 Å². The molecular formula is C25H29N5OS. The fraction of sp³-hybridized carbons (Fsp3) is 0.400. The third-order valence-electron chi connectivity index (χ3n) is 6.54. The van der Waals surface area contributed by atoms with Gasteiger partial charge in [-0.15, -0.1) is 0 Å². The SMILES string of the molecule is Cc1ccc(-n2c(C)cc([C@@H]3[C@H](c4ccccn4)NC(=S)N3C[C@@H]3CCCO3)c2C)nc1. The molecule has 2 aliphatic heterocycles. The molecule has 0 aliphatic carbocycles. The Morgan fingerprint density at radius 1 is 1.16 bits per heavy atom. The van der Waals surface area contributed by atoms with Crippen LogP contribution in [-0.2, 0) is 4.74 Å². The number of aryl methyl sites for hydroxylation is 2. The second-order valence-electron chi connectivity index (χ2n) is 8.77. The van der Waals surface area contributed by atoms with E-state index in [1.54, 1.807) is 0 Å². The average molecular weight is 448 g/mol. The summed E-state index contributed by atoms with van der Waals surface area (Å²) < 4.78 is 8.20. The number of hydrogen-bond donors (Lipinski definition) is 1. The summed E-state index contributed by atoms with van der Waals surface area (Å²) in [6.07, 6.45) is 6.16. The standard InChI is InChI=1S/C25H29N5OS/c1-16-9-10-22(27-14-16)30-17(2)13-20(18(30)3)24-23(21-8-4-5-11-26-21)28-25(32)29(24)15-19-7-6-12-31-19/h4-5,8-11,13-14,19,23-24H,6-7,12,15H2,1-3H3,(H,28,32)/t19-,23-,24+/m0/s1.